The van der Waals surface area contributed by atoms with Crippen LogP contribution in [0.2, 0.25) is 0 Å². The van der Waals surface area contributed by atoms with Crippen molar-refractivity contribution in [1.82, 2.24) is 0 Å². The molecule has 1 heteroatoms. The van der Waals surface area contributed by atoms with Gasteiger partial charge >= 0.3 is 0 Å². The molecule has 0 heterocycles. The zero-order valence-corrected chi connectivity index (χ0v) is 22.0. The third-order valence-electron chi connectivity index (χ3n) is 2.85. The molecule has 0 amide bonds. The van der Waals surface area contributed by atoms with Crippen molar-refractivity contribution in [2.24, 2.45) is 4.99 Å². The van der Waals surface area contributed by atoms with Crippen LogP contribution in [0.4, 0.5) is 0 Å². The number of allylic oxidation sites excluding steroid dienone is 3. The number of aliphatic imine (C=N–C) groups is 1. The normalized spacial score (nSPS) is 8.85. The standard InChI is InChI=1S/C11H19N.C5H12.C4H10.3C2H6/c1-5-7-8-11(6-2)9-12-10(3)4;1-3-5-4-2;1-3-4-2;3*1-2/h6,9H,3,5,7-8H2,1-2,4H3;3-5H2,1-2H3;3-4H2,1-2H3;3*1-2H3/b11-6-,12-9?;;;;;. The molecule has 0 aromatic carbocycles. The third kappa shape index (κ3) is 77.9. The van der Waals surface area contributed by atoms with Crippen molar-refractivity contribution in [2.45, 2.75) is 141 Å². The second-order valence-corrected chi connectivity index (χ2v) is 5.31. The molecule has 0 fully saturated rings. The van der Waals surface area contributed by atoms with Gasteiger partial charge in [-0.05, 0) is 32.3 Å². The molecule has 0 saturated carbocycles. The summed E-state index contributed by atoms with van der Waals surface area (Å²) in [5, 5.41) is 0. The zero-order chi connectivity index (χ0) is 22.9. The van der Waals surface area contributed by atoms with Gasteiger partial charge in [0.25, 0.3) is 0 Å². The van der Waals surface area contributed by atoms with Gasteiger partial charge in [0.05, 0.1) is 0 Å². The summed E-state index contributed by atoms with van der Waals surface area (Å²) in [5.41, 5.74) is 2.17. The van der Waals surface area contributed by atoms with E-state index < -0.39 is 0 Å². The number of rotatable bonds is 8. The molecule has 0 aliphatic rings. The Morgan fingerprint density at radius 1 is 0.704 bits per heavy atom. The van der Waals surface area contributed by atoms with E-state index in [9.17, 15) is 0 Å². The summed E-state index contributed by atoms with van der Waals surface area (Å²) >= 11 is 0. The quantitative estimate of drug-likeness (QED) is 0.368. The first kappa shape index (κ1) is 40.7. The third-order valence-corrected chi connectivity index (χ3v) is 2.85. The molecule has 0 atom stereocenters. The maximum Gasteiger partial charge on any atom is 0.0301 e. The van der Waals surface area contributed by atoms with Gasteiger partial charge in [-0.2, -0.15) is 0 Å². The molecule has 0 aliphatic carbocycles. The fraction of sp³-hybridized carbons (Fsp3) is 0.808. The van der Waals surface area contributed by atoms with E-state index in [1.165, 1.54) is 50.5 Å². The molecule has 0 unspecified atom stereocenters. The second kappa shape index (κ2) is 56.2. The van der Waals surface area contributed by atoms with Crippen molar-refractivity contribution in [3.63, 3.8) is 0 Å². The lowest BCUT2D eigenvalue weighted by Crippen LogP contribution is -1.85. The van der Waals surface area contributed by atoms with Gasteiger partial charge in [-0.1, -0.05) is 127 Å². The van der Waals surface area contributed by atoms with E-state index in [4.69, 9.17) is 0 Å². The molecule has 0 spiro atoms. The second-order valence-electron chi connectivity index (χ2n) is 5.31. The Hall–Kier alpha value is -0.850. The largest absolute Gasteiger partial charge is 0.262 e. The van der Waals surface area contributed by atoms with E-state index in [0.717, 1.165) is 12.1 Å². The first-order chi connectivity index (χ1) is 13.0. The molecule has 1 nitrogen and oxygen atoms in total. The molecule has 0 N–H and O–H groups in total. The van der Waals surface area contributed by atoms with Crippen molar-refractivity contribution < 1.29 is 0 Å². The van der Waals surface area contributed by atoms with Crippen LogP contribution in [-0.2, 0) is 0 Å². The van der Waals surface area contributed by atoms with Crippen molar-refractivity contribution >= 4 is 6.21 Å². The highest BCUT2D eigenvalue weighted by Gasteiger charge is 1.90. The maximum atomic E-state index is 4.16. The topological polar surface area (TPSA) is 12.4 Å². The first-order valence-corrected chi connectivity index (χ1v) is 11.9. The summed E-state index contributed by atoms with van der Waals surface area (Å²) in [6.07, 6.45) is 14.3. The summed E-state index contributed by atoms with van der Waals surface area (Å²) in [4.78, 5) is 4.16. The fourth-order valence-electron chi connectivity index (χ4n) is 1.21. The fourth-order valence-corrected chi connectivity index (χ4v) is 1.21. The number of unbranched alkanes of at least 4 members (excludes halogenated alkanes) is 4. The van der Waals surface area contributed by atoms with E-state index >= 15 is 0 Å². The number of nitrogens with zero attached hydrogens (tertiary/aromatic N) is 1. The number of hydrogen-bond acceptors (Lipinski definition) is 1. The molecule has 0 rings (SSSR count). The van der Waals surface area contributed by atoms with Crippen LogP contribution in [0, 0.1) is 0 Å². The summed E-state index contributed by atoms with van der Waals surface area (Å²) in [5.74, 6) is 0. The molecule has 0 aliphatic heterocycles. The van der Waals surface area contributed by atoms with Crippen molar-refractivity contribution in [1.29, 1.82) is 0 Å². The SMILES string of the molecule is C=C(C)N=C/C(=C\C)CCCC.CC.CC.CC.CCCC.CCCCC. The molecule has 0 aromatic rings. The highest BCUT2D eigenvalue weighted by atomic mass is 14.7. The van der Waals surface area contributed by atoms with Crippen molar-refractivity contribution in [3.8, 4) is 0 Å². The van der Waals surface area contributed by atoms with E-state index in [-0.39, 0.29) is 0 Å². The van der Waals surface area contributed by atoms with E-state index in [1.54, 1.807) is 0 Å². The predicted molar refractivity (Wildman–Crippen MR) is 136 cm³/mol. The van der Waals surface area contributed by atoms with Crippen LogP contribution in [0.5, 0.6) is 0 Å². The molecular formula is C26H59N. The van der Waals surface area contributed by atoms with Gasteiger partial charge in [0.15, 0.2) is 0 Å². The molecular weight excluding hydrogens is 326 g/mol. The maximum absolute atomic E-state index is 4.16. The van der Waals surface area contributed by atoms with Crippen LogP contribution < -0.4 is 0 Å². The molecule has 0 aromatic heterocycles. The van der Waals surface area contributed by atoms with Crippen molar-refractivity contribution in [2.75, 3.05) is 0 Å². The monoisotopic (exact) mass is 385 g/mol. The lowest BCUT2D eigenvalue weighted by atomic mass is 10.1. The highest BCUT2D eigenvalue weighted by molar-refractivity contribution is 5.79. The summed E-state index contributed by atoms with van der Waals surface area (Å²) in [6, 6.07) is 0. The van der Waals surface area contributed by atoms with Crippen LogP contribution in [0.25, 0.3) is 0 Å². The first-order valence-electron chi connectivity index (χ1n) is 11.9. The Bertz CT molecular complexity index is 245. The smallest absolute Gasteiger partial charge is 0.0301 e. The van der Waals surface area contributed by atoms with Crippen LogP contribution in [0.3, 0.4) is 0 Å². The Morgan fingerprint density at radius 3 is 1.26 bits per heavy atom. The minimum absolute atomic E-state index is 0.867. The average molecular weight is 386 g/mol. The Morgan fingerprint density at radius 2 is 1.07 bits per heavy atom. The highest BCUT2D eigenvalue weighted by Crippen LogP contribution is 2.05. The Labute approximate surface area is 176 Å². The van der Waals surface area contributed by atoms with Gasteiger partial charge in [-0.25, -0.2) is 0 Å². The minimum atomic E-state index is 0.867. The molecule has 0 bridgehead atoms. The average Bonchev–Trinajstić information content (AvgIpc) is 2.73. The molecule has 27 heavy (non-hydrogen) atoms. The van der Waals surface area contributed by atoms with Gasteiger partial charge in [-0.3, -0.25) is 4.99 Å². The molecule has 0 radical (unpaired) electrons. The number of hydrogen-bond donors (Lipinski definition) is 0. The van der Waals surface area contributed by atoms with E-state index in [2.05, 4.69) is 59.2 Å². The summed E-state index contributed by atoms with van der Waals surface area (Å²) in [6.45, 7) is 30.7. The van der Waals surface area contributed by atoms with Crippen LogP contribution in [0.15, 0.2) is 28.9 Å². The van der Waals surface area contributed by atoms with Gasteiger partial charge < -0.3 is 0 Å². The Balaban J connectivity index is -0.0000000612. The van der Waals surface area contributed by atoms with Gasteiger partial charge in [0.2, 0.25) is 0 Å². The predicted octanol–water partition coefficient (Wildman–Crippen LogP) is 10.8. The lowest BCUT2D eigenvalue weighted by Gasteiger charge is -1.98. The van der Waals surface area contributed by atoms with E-state index in [0.29, 0.717) is 0 Å². The minimum Gasteiger partial charge on any atom is -0.262 e. The van der Waals surface area contributed by atoms with Gasteiger partial charge in [0, 0.05) is 11.9 Å². The van der Waals surface area contributed by atoms with Crippen LogP contribution in [-0.4, -0.2) is 6.21 Å². The van der Waals surface area contributed by atoms with E-state index in [1.807, 2.05) is 54.7 Å². The zero-order valence-electron chi connectivity index (χ0n) is 22.0. The Kier molecular flexibility index (Phi) is 84.9. The van der Waals surface area contributed by atoms with Gasteiger partial charge in [-0.15, -0.1) is 0 Å². The molecule has 168 valence electrons. The van der Waals surface area contributed by atoms with Gasteiger partial charge in [0.1, 0.15) is 0 Å². The summed E-state index contributed by atoms with van der Waals surface area (Å²) in [7, 11) is 0. The van der Waals surface area contributed by atoms with Crippen LogP contribution in [0.1, 0.15) is 141 Å². The van der Waals surface area contributed by atoms with Crippen molar-refractivity contribution in [3.05, 3.63) is 23.9 Å². The molecule has 0 saturated heterocycles. The summed E-state index contributed by atoms with van der Waals surface area (Å²) < 4.78 is 0. The lowest BCUT2D eigenvalue weighted by molar-refractivity contribution is 0.772. The van der Waals surface area contributed by atoms with Crippen LogP contribution >= 0.6 is 0 Å².